The smallest absolute Gasteiger partial charge is 0.243 e. The summed E-state index contributed by atoms with van der Waals surface area (Å²) in [5.41, 5.74) is 2.09. The minimum absolute atomic E-state index is 0.0100. The van der Waals surface area contributed by atoms with Crippen LogP contribution in [0.5, 0.6) is 0 Å². The molecule has 0 atom stereocenters. The fourth-order valence-electron chi connectivity index (χ4n) is 3.63. The van der Waals surface area contributed by atoms with Crippen LogP contribution in [-0.2, 0) is 21.4 Å². The number of halogens is 1. The number of rotatable bonds is 7. The third kappa shape index (κ3) is 5.64. The molecular weight excluding hydrogens is 391 g/mol. The SMILES string of the molecule is Cc1ccc(CNC(=O)CN(C2CCCCC2)S(=O)(=O)c2ccc(F)cc2)cc1. The summed E-state index contributed by atoms with van der Waals surface area (Å²) in [6.45, 7) is 2.09. The maximum absolute atomic E-state index is 13.3. The molecule has 0 unspecified atom stereocenters. The zero-order chi connectivity index (χ0) is 20.9. The van der Waals surface area contributed by atoms with Crippen molar-refractivity contribution in [2.75, 3.05) is 6.54 Å². The highest BCUT2D eigenvalue weighted by Gasteiger charge is 2.33. The molecule has 1 saturated carbocycles. The van der Waals surface area contributed by atoms with Crippen LogP contribution in [0, 0.1) is 12.7 Å². The van der Waals surface area contributed by atoms with Gasteiger partial charge in [-0.15, -0.1) is 0 Å². The molecule has 1 aliphatic rings. The quantitative estimate of drug-likeness (QED) is 0.744. The van der Waals surface area contributed by atoms with Gasteiger partial charge in [-0.1, -0.05) is 49.1 Å². The monoisotopic (exact) mass is 418 g/mol. The average Bonchev–Trinajstić information content (AvgIpc) is 2.72. The second kappa shape index (κ2) is 9.50. The van der Waals surface area contributed by atoms with Gasteiger partial charge in [-0.3, -0.25) is 4.79 Å². The van der Waals surface area contributed by atoms with Crippen molar-refractivity contribution < 1.29 is 17.6 Å². The third-order valence-corrected chi connectivity index (χ3v) is 7.22. The van der Waals surface area contributed by atoms with Crippen molar-refractivity contribution in [1.29, 1.82) is 0 Å². The highest BCUT2D eigenvalue weighted by atomic mass is 32.2. The third-order valence-electron chi connectivity index (χ3n) is 5.31. The van der Waals surface area contributed by atoms with Gasteiger partial charge in [0.15, 0.2) is 0 Å². The van der Waals surface area contributed by atoms with Crippen molar-refractivity contribution in [2.45, 2.75) is 56.5 Å². The first-order chi connectivity index (χ1) is 13.9. The van der Waals surface area contributed by atoms with Gasteiger partial charge in [-0.05, 0) is 49.6 Å². The Balaban J connectivity index is 1.75. The number of sulfonamides is 1. The normalized spacial score (nSPS) is 15.4. The summed E-state index contributed by atoms with van der Waals surface area (Å²) in [6.07, 6.45) is 4.40. The Kier molecular flexibility index (Phi) is 7.03. The lowest BCUT2D eigenvalue weighted by molar-refractivity contribution is -0.121. The zero-order valence-corrected chi connectivity index (χ0v) is 17.4. The number of carbonyl (C=O) groups excluding carboxylic acids is 1. The molecule has 156 valence electrons. The molecular formula is C22H27FN2O3S. The van der Waals surface area contributed by atoms with E-state index in [0.717, 1.165) is 55.4 Å². The van der Waals surface area contributed by atoms with Gasteiger partial charge in [0.05, 0.1) is 11.4 Å². The number of aryl methyl sites for hydroxylation is 1. The largest absolute Gasteiger partial charge is 0.351 e. The van der Waals surface area contributed by atoms with E-state index in [0.29, 0.717) is 6.54 Å². The van der Waals surface area contributed by atoms with Gasteiger partial charge in [-0.2, -0.15) is 4.31 Å². The van der Waals surface area contributed by atoms with Gasteiger partial charge in [0.1, 0.15) is 5.82 Å². The highest BCUT2D eigenvalue weighted by Crippen LogP contribution is 2.27. The molecule has 29 heavy (non-hydrogen) atoms. The fourth-order valence-corrected chi connectivity index (χ4v) is 5.27. The molecule has 0 radical (unpaired) electrons. The number of hydrogen-bond donors (Lipinski definition) is 1. The lowest BCUT2D eigenvalue weighted by atomic mass is 9.95. The highest BCUT2D eigenvalue weighted by molar-refractivity contribution is 7.89. The molecule has 2 aromatic carbocycles. The van der Waals surface area contributed by atoms with Gasteiger partial charge in [-0.25, -0.2) is 12.8 Å². The Morgan fingerprint density at radius 1 is 1.03 bits per heavy atom. The first-order valence-electron chi connectivity index (χ1n) is 9.96. The van der Waals surface area contributed by atoms with Gasteiger partial charge in [0.2, 0.25) is 15.9 Å². The predicted octanol–water partition coefficient (Wildman–Crippen LogP) is 3.77. The van der Waals surface area contributed by atoms with E-state index in [-0.39, 0.29) is 23.4 Å². The zero-order valence-electron chi connectivity index (χ0n) is 16.6. The van der Waals surface area contributed by atoms with Crippen molar-refractivity contribution in [1.82, 2.24) is 9.62 Å². The van der Waals surface area contributed by atoms with Crippen LogP contribution < -0.4 is 5.32 Å². The number of benzene rings is 2. The first-order valence-corrected chi connectivity index (χ1v) is 11.4. The molecule has 7 heteroatoms. The van der Waals surface area contributed by atoms with E-state index in [1.165, 1.54) is 16.4 Å². The van der Waals surface area contributed by atoms with Gasteiger partial charge in [0, 0.05) is 12.6 Å². The molecule has 1 aliphatic carbocycles. The van der Waals surface area contributed by atoms with Crippen molar-refractivity contribution in [3.05, 3.63) is 65.5 Å². The number of carbonyl (C=O) groups is 1. The van der Waals surface area contributed by atoms with Crippen LogP contribution in [0.25, 0.3) is 0 Å². The Labute approximate surface area is 172 Å². The molecule has 1 N–H and O–H groups in total. The summed E-state index contributed by atoms with van der Waals surface area (Å²) in [5.74, 6) is -0.842. The Hall–Kier alpha value is -2.25. The van der Waals surface area contributed by atoms with Crippen molar-refractivity contribution >= 4 is 15.9 Å². The van der Waals surface area contributed by atoms with E-state index in [2.05, 4.69) is 5.32 Å². The average molecular weight is 419 g/mol. The number of nitrogens with zero attached hydrogens (tertiary/aromatic N) is 1. The van der Waals surface area contributed by atoms with Crippen molar-refractivity contribution in [3.8, 4) is 0 Å². The summed E-state index contributed by atoms with van der Waals surface area (Å²) in [6, 6.07) is 12.4. The molecule has 1 amide bonds. The molecule has 5 nitrogen and oxygen atoms in total. The molecule has 0 heterocycles. The molecule has 0 bridgehead atoms. The second-order valence-electron chi connectivity index (χ2n) is 7.56. The minimum Gasteiger partial charge on any atom is -0.351 e. The molecule has 2 aromatic rings. The van der Waals surface area contributed by atoms with E-state index in [4.69, 9.17) is 0 Å². The molecule has 0 spiro atoms. The van der Waals surface area contributed by atoms with Crippen LogP contribution in [0.15, 0.2) is 53.4 Å². The standard InChI is InChI=1S/C22H27FN2O3S/c1-17-7-9-18(10-8-17)15-24-22(26)16-25(20-5-3-2-4-6-20)29(27,28)21-13-11-19(23)12-14-21/h7-14,20H,2-6,15-16H2,1H3,(H,24,26). The van der Waals surface area contributed by atoms with Crippen LogP contribution in [0.1, 0.15) is 43.2 Å². The Bertz CT molecular complexity index is 922. The van der Waals surface area contributed by atoms with Crippen LogP contribution in [0.2, 0.25) is 0 Å². The van der Waals surface area contributed by atoms with Gasteiger partial charge in [0.25, 0.3) is 0 Å². The van der Waals surface area contributed by atoms with E-state index in [9.17, 15) is 17.6 Å². The summed E-state index contributed by atoms with van der Waals surface area (Å²) in [5, 5.41) is 2.82. The molecule has 0 saturated heterocycles. The van der Waals surface area contributed by atoms with Crippen molar-refractivity contribution in [2.24, 2.45) is 0 Å². The molecule has 3 rings (SSSR count). The minimum atomic E-state index is -3.90. The summed E-state index contributed by atoms with van der Waals surface area (Å²) >= 11 is 0. The number of hydrogen-bond acceptors (Lipinski definition) is 3. The molecule has 0 aromatic heterocycles. The van der Waals surface area contributed by atoms with Gasteiger partial charge < -0.3 is 5.32 Å². The van der Waals surface area contributed by atoms with Crippen LogP contribution >= 0.6 is 0 Å². The van der Waals surface area contributed by atoms with E-state index in [1.54, 1.807) is 0 Å². The topological polar surface area (TPSA) is 66.5 Å². The summed E-state index contributed by atoms with van der Waals surface area (Å²) < 4.78 is 41.0. The maximum Gasteiger partial charge on any atom is 0.243 e. The Morgan fingerprint density at radius 2 is 1.66 bits per heavy atom. The fraction of sp³-hybridized carbons (Fsp3) is 0.409. The van der Waals surface area contributed by atoms with E-state index < -0.39 is 15.8 Å². The summed E-state index contributed by atoms with van der Waals surface area (Å²) in [4.78, 5) is 12.6. The molecule has 0 aliphatic heterocycles. The second-order valence-corrected chi connectivity index (χ2v) is 9.45. The van der Waals surface area contributed by atoms with Crippen LogP contribution in [0.4, 0.5) is 4.39 Å². The number of nitrogens with one attached hydrogen (secondary N) is 1. The van der Waals surface area contributed by atoms with E-state index in [1.807, 2.05) is 31.2 Å². The van der Waals surface area contributed by atoms with Crippen LogP contribution in [0.3, 0.4) is 0 Å². The van der Waals surface area contributed by atoms with Crippen LogP contribution in [-0.4, -0.2) is 31.2 Å². The lowest BCUT2D eigenvalue weighted by Crippen LogP contribution is -2.46. The predicted molar refractivity (Wildman–Crippen MR) is 110 cm³/mol. The first kappa shape index (κ1) is 21.5. The van der Waals surface area contributed by atoms with E-state index >= 15 is 0 Å². The lowest BCUT2D eigenvalue weighted by Gasteiger charge is -2.33. The van der Waals surface area contributed by atoms with Crippen molar-refractivity contribution in [3.63, 3.8) is 0 Å². The summed E-state index contributed by atoms with van der Waals surface area (Å²) in [7, 11) is -3.90. The molecule has 1 fully saturated rings. The Morgan fingerprint density at radius 3 is 2.28 bits per heavy atom. The van der Waals surface area contributed by atoms with Gasteiger partial charge >= 0.3 is 0 Å². The number of amides is 1. The maximum atomic E-state index is 13.3.